The molecule has 0 spiro atoms. The molecule has 0 saturated carbocycles. The molecule has 0 aromatic heterocycles. The Labute approximate surface area is 197 Å². The molecule has 0 N–H and O–H groups in total. The largest absolute Gasteiger partial charge is 0.496 e. The lowest BCUT2D eigenvalue weighted by Crippen LogP contribution is -2.23. The molecule has 4 nitrogen and oxygen atoms in total. The lowest BCUT2D eigenvalue weighted by atomic mass is 9.95. The predicted molar refractivity (Wildman–Crippen MR) is 124 cm³/mol. The fourth-order valence-electron chi connectivity index (χ4n) is 3.91. The van der Waals surface area contributed by atoms with E-state index in [0.29, 0.717) is 38.0 Å². The molecule has 1 rings (SSSR count). The zero-order valence-electron chi connectivity index (χ0n) is 20.6. The highest BCUT2D eigenvalue weighted by atomic mass is 19.4. The quantitative estimate of drug-likeness (QED) is 0.176. The number of ether oxygens (including phenoxy) is 3. The molecular formula is C26H41F3O4. The van der Waals surface area contributed by atoms with Crippen LogP contribution in [0.2, 0.25) is 0 Å². The van der Waals surface area contributed by atoms with Crippen LogP contribution in [0.25, 0.3) is 0 Å². The topological polar surface area (TPSA) is 44.8 Å². The van der Waals surface area contributed by atoms with Gasteiger partial charge in [0.25, 0.3) is 0 Å². The second kappa shape index (κ2) is 16.0. The van der Waals surface area contributed by atoms with Gasteiger partial charge in [0.2, 0.25) is 0 Å². The van der Waals surface area contributed by atoms with Crippen molar-refractivity contribution in [2.24, 2.45) is 11.8 Å². The van der Waals surface area contributed by atoms with Crippen LogP contribution in [0.5, 0.6) is 5.75 Å². The SMILES string of the molecule is CCCCCCC(CCCOCc1cc(CC(CC)C(=O)OCC)ccc1OC)C(F)(F)F. The molecule has 0 aliphatic rings. The number of esters is 1. The maximum atomic E-state index is 13.3. The Morgan fingerprint density at radius 1 is 1.03 bits per heavy atom. The number of hydrogen-bond donors (Lipinski definition) is 0. The Bertz CT molecular complexity index is 676. The Morgan fingerprint density at radius 2 is 1.76 bits per heavy atom. The van der Waals surface area contributed by atoms with E-state index >= 15 is 0 Å². The van der Waals surface area contributed by atoms with Gasteiger partial charge in [-0.05, 0) is 56.7 Å². The highest BCUT2D eigenvalue weighted by molar-refractivity contribution is 5.72. The standard InChI is InChI=1S/C26H41F3O4/c1-5-8-9-10-12-23(26(27,28)29)13-11-16-32-19-22-18-20(14-15-24(22)31-4)17-21(6-2)25(30)33-7-3/h14-15,18,21,23H,5-13,16-17,19H2,1-4H3. The van der Waals surface area contributed by atoms with E-state index in [9.17, 15) is 18.0 Å². The van der Waals surface area contributed by atoms with Crippen LogP contribution in [-0.4, -0.2) is 32.5 Å². The third-order valence-corrected chi connectivity index (χ3v) is 5.91. The lowest BCUT2D eigenvalue weighted by Gasteiger charge is -2.20. The number of methoxy groups -OCH3 is 1. The van der Waals surface area contributed by atoms with Crippen molar-refractivity contribution in [1.29, 1.82) is 0 Å². The number of rotatable bonds is 17. The van der Waals surface area contributed by atoms with Crippen molar-refractivity contribution >= 4 is 5.97 Å². The van der Waals surface area contributed by atoms with Crippen molar-refractivity contribution in [2.75, 3.05) is 20.3 Å². The minimum atomic E-state index is -4.15. The van der Waals surface area contributed by atoms with E-state index < -0.39 is 12.1 Å². The second-order valence-corrected chi connectivity index (χ2v) is 8.49. The van der Waals surface area contributed by atoms with Crippen LogP contribution in [0.3, 0.4) is 0 Å². The zero-order chi connectivity index (χ0) is 24.7. The minimum Gasteiger partial charge on any atom is -0.496 e. The van der Waals surface area contributed by atoms with Gasteiger partial charge in [-0.15, -0.1) is 0 Å². The summed E-state index contributed by atoms with van der Waals surface area (Å²) < 4.78 is 56.1. The molecule has 0 fully saturated rings. The van der Waals surface area contributed by atoms with Gasteiger partial charge in [0.15, 0.2) is 0 Å². The first-order valence-corrected chi connectivity index (χ1v) is 12.2. The zero-order valence-corrected chi connectivity index (χ0v) is 20.6. The molecule has 0 saturated heterocycles. The first-order chi connectivity index (χ1) is 15.8. The smallest absolute Gasteiger partial charge is 0.391 e. The molecule has 0 aliphatic heterocycles. The van der Waals surface area contributed by atoms with Crippen LogP contribution in [0.4, 0.5) is 13.2 Å². The van der Waals surface area contributed by atoms with Crippen LogP contribution < -0.4 is 4.74 Å². The number of benzene rings is 1. The molecule has 7 heteroatoms. The van der Waals surface area contributed by atoms with Gasteiger partial charge in [-0.25, -0.2) is 0 Å². The third-order valence-electron chi connectivity index (χ3n) is 5.91. The molecule has 190 valence electrons. The van der Waals surface area contributed by atoms with E-state index in [4.69, 9.17) is 14.2 Å². The summed E-state index contributed by atoms with van der Waals surface area (Å²) in [5, 5.41) is 0. The normalized spacial score (nSPS) is 13.5. The van der Waals surface area contributed by atoms with Crippen LogP contribution >= 0.6 is 0 Å². The van der Waals surface area contributed by atoms with Gasteiger partial charge >= 0.3 is 12.1 Å². The molecule has 0 heterocycles. The van der Waals surface area contributed by atoms with Crippen molar-refractivity contribution < 1.29 is 32.2 Å². The molecule has 2 atom stereocenters. The summed E-state index contributed by atoms with van der Waals surface area (Å²) in [7, 11) is 1.57. The second-order valence-electron chi connectivity index (χ2n) is 8.49. The minimum absolute atomic E-state index is 0.0878. The number of hydrogen-bond acceptors (Lipinski definition) is 4. The molecular weight excluding hydrogens is 433 g/mol. The van der Waals surface area contributed by atoms with Crippen molar-refractivity contribution in [2.45, 2.75) is 91.3 Å². The molecule has 0 radical (unpaired) electrons. The van der Waals surface area contributed by atoms with Gasteiger partial charge in [0, 0.05) is 12.2 Å². The maximum Gasteiger partial charge on any atom is 0.391 e. The molecule has 2 unspecified atom stereocenters. The Hall–Kier alpha value is -1.76. The fourth-order valence-corrected chi connectivity index (χ4v) is 3.91. The van der Waals surface area contributed by atoms with Gasteiger partial charge in [0.1, 0.15) is 5.75 Å². The van der Waals surface area contributed by atoms with Crippen molar-refractivity contribution in [3.8, 4) is 5.75 Å². The van der Waals surface area contributed by atoms with Crippen LogP contribution in [0.15, 0.2) is 18.2 Å². The van der Waals surface area contributed by atoms with E-state index in [1.54, 1.807) is 14.0 Å². The highest BCUT2D eigenvalue weighted by Gasteiger charge is 2.38. The average Bonchev–Trinajstić information content (AvgIpc) is 2.78. The fraction of sp³-hybridized carbons (Fsp3) is 0.731. The Morgan fingerprint density at radius 3 is 2.36 bits per heavy atom. The van der Waals surface area contributed by atoms with Gasteiger partial charge in [-0.3, -0.25) is 4.79 Å². The predicted octanol–water partition coefficient (Wildman–Crippen LogP) is 7.27. The molecule has 0 aliphatic carbocycles. The van der Waals surface area contributed by atoms with Gasteiger partial charge < -0.3 is 14.2 Å². The number of carbonyl (C=O) groups is 1. The highest BCUT2D eigenvalue weighted by Crippen LogP contribution is 2.34. The summed E-state index contributed by atoms with van der Waals surface area (Å²) in [4.78, 5) is 12.1. The number of carbonyl (C=O) groups excluding carboxylic acids is 1. The van der Waals surface area contributed by atoms with E-state index in [1.165, 1.54) is 0 Å². The summed E-state index contributed by atoms with van der Waals surface area (Å²) >= 11 is 0. The van der Waals surface area contributed by atoms with E-state index in [-0.39, 0.29) is 37.9 Å². The van der Waals surface area contributed by atoms with Crippen LogP contribution in [-0.2, 0) is 27.3 Å². The van der Waals surface area contributed by atoms with Crippen molar-refractivity contribution in [3.05, 3.63) is 29.3 Å². The summed E-state index contributed by atoms with van der Waals surface area (Å²) in [5.41, 5.74) is 1.79. The molecule has 0 bridgehead atoms. The summed E-state index contributed by atoms with van der Waals surface area (Å²) in [6, 6.07) is 5.69. The van der Waals surface area contributed by atoms with Gasteiger partial charge in [-0.1, -0.05) is 45.6 Å². The summed E-state index contributed by atoms with van der Waals surface area (Å²) in [5.74, 6) is -1.03. The van der Waals surface area contributed by atoms with Crippen molar-refractivity contribution in [3.63, 3.8) is 0 Å². The number of halogens is 3. The Kier molecular flexibility index (Phi) is 14.2. The number of unbranched alkanes of at least 4 members (excludes halogenated alkanes) is 3. The van der Waals surface area contributed by atoms with Crippen LogP contribution in [0.1, 0.15) is 83.3 Å². The van der Waals surface area contributed by atoms with E-state index in [2.05, 4.69) is 0 Å². The van der Waals surface area contributed by atoms with E-state index in [1.807, 2.05) is 32.0 Å². The molecule has 33 heavy (non-hydrogen) atoms. The lowest BCUT2D eigenvalue weighted by molar-refractivity contribution is -0.179. The summed E-state index contributed by atoms with van der Waals surface area (Å²) in [6.07, 6.45) is 1.18. The first kappa shape index (κ1) is 29.3. The molecule has 1 aromatic carbocycles. The Balaban J connectivity index is 2.59. The maximum absolute atomic E-state index is 13.3. The average molecular weight is 475 g/mol. The molecule has 1 aromatic rings. The van der Waals surface area contributed by atoms with Gasteiger partial charge in [-0.2, -0.15) is 13.2 Å². The molecule has 0 amide bonds. The van der Waals surface area contributed by atoms with Gasteiger partial charge in [0.05, 0.1) is 32.2 Å². The monoisotopic (exact) mass is 474 g/mol. The third kappa shape index (κ3) is 11.3. The van der Waals surface area contributed by atoms with Crippen LogP contribution in [0, 0.1) is 11.8 Å². The van der Waals surface area contributed by atoms with E-state index in [0.717, 1.165) is 30.4 Å². The van der Waals surface area contributed by atoms with Crippen molar-refractivity contribution in [1.82, 2.24) is 0 Å². The summed E-state index contributed by atoms with van der Waals surface area (Å²) in [6.45, 7) is 6.65. The first-order valence-electron chi connectivity index (χ1n) is 12.2. The number of alkyl halides is 3.